The lowest BCUT2D eigenvalue weighted by atomic mass is 10.2. The topological polar surface area (TPSA) is 72.6 Å². The monoisotopic (exact) mass is 294 g/mol. The molecule has 116 valence electrons. The van der Waals surface area contributed by atoms with Crippen molar-refractivity contribution in [2.45, 2.75) is 59.1 Å². The largest absolute Gasteiger partial charge is 0.454 e. The number of likely N-dealkylation sites (tertiary alicyclic amines) is 1. The van der Waals surface area contributed by atoms with Gasteiger partial charge in [-0.3, -0.25) is 4.79 Å². The van der Waals surface area contributed by atoms with Crippen LogP contribution >= 0.6 is 0 Å². The minimum atomic E-state index is -0.457. The number of aryl methyl sites for hydroxylation is 2. The Kier molecular flexibility index (Phi) is 4.98. The predicted molar refractivity (Wildman–Crippen MR) is 75.4 cm³/mol. The number of hydrogen-bond acceptors (Lipinski definition) is 5. The van der Waals surface area contributed by atoms with E-state index in [-0.39, 0.29) is 18.5 Å². The van der Waals surface area contributed by atoms with Gasteiger partial charge in [0.05, 0.1) is 5.69 Å². The Bertz CT molecular complexity index is 504. The molecule has 0 spiro atoms. The van der Waals surface area contributed by atoms with Gasteiger partial charge < -0.3 is 14.1 Å². The van der Waals surface area contributed by atoms with E-state index in [2.05, 4.69) is 4.98 Å². The minimum absolute atomic E-state index is 0.0137. The van der Waals surface area contributed by atoms with Crippen molar-refractivity contribution in [3.8, 4) is 0 Å². The molecule has 0 N–H and O–H groups in total. The van der Waals surface area contributed by atoms with Crippen LogP contribution in [0.3, 0.4) is 0 Å². The zero-order valence-corrected chi connectivity index (χ0v) is 12.8. The van der Waals surface area contributed by atoms with Crippen LogP contribution < -0.4 is 0 Å². The third kappa shape index (κ3) is 3.62. The van der Waals surface area contributed by atoms with Crippen LogP contribution in [0.4, 0.5) is 0 Å². The number of rotatable bonds is 5. The molecule has 1 amide bonds. The molecule has 0 radical (unpaired) electrons. The second-order valence-corrected chi connectivity index (χ2v) is 5.35. The van der Waals surface area contributed by atoms with Crippen molar-refractivity contribution < 1.29 is 18.7 Å². The Hall–Kier alpha value is -1.85. The fourth-order valence-corrected chi connectivity index (χ4v) is 2.50. The molecule has 1 saturated heterocycles. The molecule has 21 heavy (non-hydrogen) atoms. The first-order valence-corrected chi connectivity index (χ1v) is 7.42. The summed E-state index contributed by atoms with van der Waals surface area (Å²) in [5, 5.41) is 0. The summed E-state index contributed by atoms with van der Waals surface area (Å²) in [5.41, 5.74) is 0.793. The van der Waals surface area contributed by atoms with E-state index in [4.69, 9.17) is 9.15 Å². The average molecular weight is 294 g/mol. The van der Waals surface area contributed by atoms with E-state index in [1.165, 1.54) is 0 Å². The van der Waals surface area contributed by atoms with Gasteiger partial charge in [-0.2, -0.15) is 0 Å². The Morgan fingerprint density at radius 2 is 2.19 bits per heavy atom. The Morgan fingerprint density at radius 1 is 1.43 bits per heavy atom. The number of esters is 1. The van der Waals surface area contributed by atoms with Crippen LogP contribution in [0, 0.1) is 13.8 Å². The predicted octanol–water partition coefficient (Wildman–Crippen LogP) is 2.13. The number of carbonyl (C=O) groups excluding carboxylic acids is 2. The summed E-state index contributed by atoms with van der Waals surface area (Å²) in [6.45, 7) is 6.26. The van der Waals surface area contributed by atoms with E-state index in [1.54, 1.807) is 4.90 Å². The molecular weight excluding hydrogens is 272 g/mol. The van der Waals surface area contributed by atoms with Gasteiger partial charge in [0, 0.05) is 13.0 Å². The fraction of sp³-hybridized carbons (Fsp3) is 0.667. The molecule has 2 heterocycles. The van der Waals surface area contributed by atoms with Crippen LogP contribution in [0.15, 0.2) is 4.42 Å². The van der Waals surface area contributed by atoms with Crippen molar-refractivity contribution >= 4 is 11.9 Å². The van der Waals surface area contributed by atoms with Crippen molar-refractivity contribution in [3.05, 3.63) is 17.3 Å². The van der Waals surface area contributed by atoms with Gasteiger partial charge in [-0.1, -0.05) is 6.92 Å². The highest BCUT2D eigenvalue weighted by Gasteiger charge is 2.34. The number of aromatic nitrogens is 1. The Balaban J connectivity index is 1.91. The zero-order valence-electron chi connectivity index (χ0n) is 12.8. The summed E-state index contributed by atoms with van der Waals surface area (Å²) in [6.07, 6.45) is 2.76. The van der Waals surface area contributed by atoms with Gasteiger partial charge in [-0.25, -0.2) is 9.78 Å². The minimum Gasteiger partial charge on any atom is -0.454 e. The van der Waals surface area contributed by atoms with Crippen molar-refractivity contribution in [3.63, 3.8) is 0 Å². The maximum atomic E-state index is 12.1. The summed E-state index contributed by atoms with van der Waals surface area (Å²) in [6, 6.07) is -0.457. The van der Waals surface area contributed by atoms with E-state index >= 15 is 0 Å². The quantitative estimate of drug-likeness (QED) is 0.778. The molecular formula is C15H22N2O4. The van der Waals surface area contributed by atoms with E-state index < -0.39 is 6.04 Å². The summed E-state index contributed by atoms with van der Waals surface area (Å²) in [5.74, 6) is 0.773. The van der Waals surface area contributed by atoms with Crippen molar-refractivity contribution in [2.75, 3.05) is 6.54 Å². The number of amides is 1. The smallest absolute Gasteiger partial charge is 0.329 e. The number of oxazole rings is 1. The molecule has 1 fully saturated rings. The van der Waals surface area contributed by atoms with Gasteiger partial charge in [0.2, 0.25) is 11.8 Å². The second kappa shape index (κ2) is 6.74. The fourth-order valence-electron chi connectivity index (χ4n) is 2.50. The Morgan fingerprint density at radius 3 is 2.81 bits per heavy atom. The first kappa shape index (κ1) is 15.5. The third-order valence-corrected chi connectivity index (χ3v) is 3.72. The summed E-state index contributed by atoms with van der Waals surface area (Å²) in [7, 11) is 0. The van der Waals surface area contributed by atoms with Crippen molar-refractivity contribution in [1.82, 2.24) is 9.88 Å². The van der Waals surface area contributed by atoms with Crippen molar-refractivity contribution in [1.29, 1.82) is 0 Å². The van der Waals surface area contributed by atoms with Gasteiger partial charge in [0.1, 0.15) is 11.8 Å². The lowest BCUT2D eigenvalue weighted by molar-refractivity contribution is -0.155. The molecule has 6 heteroatoms. The molecule has 1 aliphatic rings. The molecule has 0 saturated carbocycles. The molecule has 6 nitrogen and oxygen atoms in total. The lowest BCUT2D eigenvalue weighted by Gasteiger charge is -2.22. The molecule has 0 aliphatic carbocycles. The molecule has 0 aromatic carbocycles. The number of ether oxygens (including phenoxy) is 1. The number of carbonyl (C=O) groups is 2. The third-order valence-electron chi connectivity index (χ3n) is 3.72. The lowest BCUT2D eigenvalue weighted by Crippen LogP contribution is -2.41. The van der Waals surface area contributed by atoms with Crippen LogP contribution in [0.25, 0.3) is 0 Å². The van der Waals surface area contributed by atoms with Gasteiger partial charge in [0.15, 0.2) is 6.61 Å². The first-order chi connectivity index (χ1) is 10.0. The van der Waals surface area contributed by atoms with Crippen LogP contribution in [0.5, 0.6) is 0 Å². The average Bonchev–Trinajstić information content (AvgIpc) is 3.04. The van der Waals surface area contributed by atoms with Gasteiger partial charge in [0.25, 0.3) is 0 Å². The first-order valence-electron chi connectivity index (χ1n) is 7.42. The van der Waals surface area contributed by atoms with Crippen molar-refractivity contribution in [2.24, 2.45) is 0 Å². The highest BCUT2D eigenvalue weighted by atomic mass is 16.5. The van der Waals surface area contributed by atoms with E-state index in [0.29, 0.717) is 25.3 Å². The van der Waals surface area contributed by atoms with Crippen LogP contribution in [0.1, 0.15) is 50.0 Å². The van der Waals surface area contributed by atoms with E-state index in [1.807, 2.05) is 20.8 Å². The molecule has 1 atom stereocenters. The zero-order chi connectivity index (χ0) is 15.4. The molecule has 0 unspecified atom stereocenters. The van der Waals surface area contributed by atoms with Gasteiger partial charge in [-0.05, 0) is 33.1 Å². The highest BCUT2D eigenvalue weighted by molar-refractivity contribution is 5.85. The van der Waals surface area contributed by atoms with Gasteiger partial charge >= 0.3 is 5.97 Å². The van der Waals surface area contributed by atoms with Crippen LogP contribution in [0.2, 0.25) is 0 Å². The van der Waals surface area contributed by atoms with Gasteiger partial charge in [-0.15, -0.1) is 0 Å². The molecule has 1 aliphatic heterocycles. The molecule has 0 bridgehead atoms. The maximum Gasteiger partial charge on any atom is 0.329 e. The van der Waals surface area contributed by atoms with E-state index in [0.717, 1.165) is 24.3 Å². The normalized spacial score (nSPS) is 18.0. The second-order valence-electron chi connectivity index (χ2n) is 5.35. The molecule has 1 aromatic rings. The number of nitrogens with zero attached hydrogens (tertiary/aromatic N) is 2. The standard InChI is InChI=1S/C15H22N2O4/c1-4-6-14(18)17-8-5-7-12(17)15(19)20-9-13-16-10(2)11(3)21-13/h12H,4-9H2,1-3H3/t12-/m0/s1. The maximum absolute atomic E-state index is 12.1. The summed E-state index contributed by atoms with van der Waals surface area (Å²) >= 11 is 0. The SMILES string of the molecule is CCCC(=O)N1CCC[C@H]1C(=O)OCc1nc(C)c(C)o1. The highest BCUT2D eigenvalue weighted by Crippen LogP contribution is 2.20. The summed E-state index contributed by atoms with van der Waals surface area (Å²) < 4.78 is 10.6. The Labute approximate surface area is 124 Å². The van der Waals surface area contributed by atoms with Crippen LogP contribution in [-0.2, 0) is 20.9 Å². The summed E-state index contributed by atoms with van der Waals surface area (Å²) in [4.78, 5) is 29.9. The van der Waals surface area contributed by atoms with Crippen LogP contribution in [-0.4, -0.2) is 34.3 Å². The molecule has 2 rings (SSSR count). The number of hydrogen-bond donors (Lipinski definition) is 0. The van der Waals surface area contributed by atoms with E-state index in [9.17, 15) is 9.59 Å². The molecule has 1 aromatic heterocycles.